The number of methoxy groups -OCH3 is 2. The maximum Gasteiger partial charge on any atom is 0.169 e. The molecule has 0 N–H and O–H groups in total. The van der Waals surface area contributed by atoms with Crippen LogP contribution in [-0.2, 0) is 14.3 Å². The summed E-state index contributed by atoms with van der Waals surface area (Å²) < 4.78 is 35.9. The summed E-state index contributed by atoms with van der Waals surface area (Å²) >= 11 is 0. The molecule has 0 aliphatic heterocycles. The highest BCUT2D eigenvalue weighted by Gasteiger charge is 2.22. The summed E-state index contributed by atoms with van der Waals surface area (Å²) in [5.74, 6) is 0.898. The van der Waals surface area contributed by atoms with Gasteiger partial charge >= 0.3 is 0 Å². The third-order valence-corrected chi connectivity index (χ3v) is 4.49. The molecule has 2 aromatic rings. The predicted octanol–water partition coefficient (Wildman–Crippen LogP) is 4.88. The van der Waals surface area contributed by atoms with E-state index in [0.29, 0.717) is 37.9 Å². The summed E-state index contributed by atoms with van der Waals surface area (Å²) in [5, 5.41) is 0. The maximum atomic E-state index is 13.6. The van der Waals surface area contributed by atoms with Crippen LogP contribution >= 0.6 is 0 Å². The lowest BCUT2D eigenvalue weighted by molar-refractivity contribution is -0.104. The zero-order valence-corrected chi connectivity index (χ0v) is 17.9. The lowest BCUT2D eigenvalue weighted by Crippen LogP contribution is -2.11. The van der Waals surface area contributed by atoms with Crippen LogP contribution < -0.4 is 9.47 Å². The lowest BCUT2D eigenvalue weighted by Gasteiger charge is -2.23. The first-order valence-electron chi connectivity index (χ1n) is 9.85. The highest BCUT2D eigenvalue weighted by Crippen LogP contribution is 2.45. The Kier molecular flexibility index (Phi) is 9.51. The first kappa shape index (κ1) is 23.6. The Morgan fingerprint density at radius 3 is 2.17 bits per heavy atom. The van der Waals surface area contributed by atoms with Crippen molar-refractivity contribution < 1.29 is 28.1 Å². The fraction of sp³-hybridized carbons (Fsp3) is 0.375. The van der Waals surface area contributed by atoms with Crippen LogP contribution in [0.5, 0.6) is 11.5 Å². The number of ether oxygens (including phenoxy) is 4. The molecule has 0 spiro atoms. The molecule has 0 saturated heterocycles. The van der Waals surface area contributed by atoms with Crippen LogP contribution in [0.25, 0.3) is 17.2 Å². The number of aldehydes is 1. The molecular formula is C24H29FO5. The minimum absolute atomic E-state index is 0.147. The fourth-order valence-corrected chi connectivity index (χ4v) is 3.08. The van der Waals surface area contributed by atoms with Gasteiger partial charge < -0.3 is 18.9 Å². The van der Waals surface area contributed by atoms with E-state index in [1.54, 1.807) is 32.4 Å². The van der Waals surface area contributed by atoms with E-state index in [1.165, 1.54) is 18.2 Å². The molecule has 0 atom stereocenters. The molecule has 2 aromatic carbocycles. The van der Waals surface area contributed by atoms with E-state index in [9.17, 15) is 9.18 Å². The number of benzene rings is 2. The van der Waals surface area contributed by atoms with Crippen LogP contribution in [0, 0.1) is 5.82 Å². The van der Waals surface area contributed by atoms with E-state index in [2.05, 4.69) is 13.8 Å². The van der Waals surface area contributed by atoms with Crippen molar-refractivity contribution in [3.05, 3.63) is 53.4 Å². The van der Waals surface area contributed by atoms with Gasteiger partial charge in [-0.05, 0) is 46.9 Å². The zero-order valence-electron chi connectivity index (χ0n) is 17.9. The van der Waals surface area contributed by atoms with E-state index < -0.39 is 0 Å². The molecule has 0 aliphatic rings. The average Bonchev–Trinajstić information content (AvgIpc) is 2.73. The smallest absolute Gasteiger partial charge is 0.169 e. The second-order valence-corrected chi connectivity index (χ2v) is 6.92. The number of hydrogen-bond donors (Lipinski definition) is 0. The molecule has 0 aliphatic carbocycles. The Morgan fingerprint density at radius 1 is 0.967 bits per heavy atom. The van der Waals surface area contributed by atoms with Gasteiger partial charge in [0, 0.05) is 19.8 Å². The molecule has 5 nitrogen and oxygen atoms in total. The number of rotatable bonds is 12. The predicted molar refractivity (Wildman–Crippen MR) is 116 cm³/mol. The van der Waals surface area contributed by atoms with Gasteiger partial charge in [0.25, 0.3) is 0 Å². The minimum atomic E-state index is -0.331. The molecule has 30 heavy (non-hydrogen) atoms. The van der Waals surface area contributed by atoms with Gasteiger partial charge in [0.15, 0.2) is 11.5 Å². The largest absolute Gasteiger partial charge is 0.487 e. The summed E-state index contributed by atoms with van der Waals surface area (Å²) in [6.45, 7) is 5.60. The Morgan fingerprint density at radius 2 is 1.60 bits per heavy atom. The Hall–Kier alpha value is -2.70. The van der Waals surface area contributed by atoms with Gasteiger partial charge in [-0.3, -0.25) is 4.79 Å². The molecule has 6 heteroatoms. The monoisotopic (exact) mass is 416 g/mol. The highest BCUT2D eigenvalue weighted by atomic mass is 19.1. The van der Waals surface area contributed by atoms with Crippen molar-refractivity contribution in [3.8, 4) is 22.6 Å². The van der Waals surface area contributed by atoms with Crippen LogP contribution in [0.2, 0.25) is 0 Å². The quantitative estimate of drug-likeness (QED) is 0.280. The summed E-state index contributed by atoms with van der Waals surface area (Å²) in [6, 6.07) is 8.11. The third-order valence-electron chi connectivity index (χ3n) is 4.49. The SMILES string of the molecule is COCCOc1cc(C(C)C)c(C=CC=O)c(-c2ccc(F)cc2)c1OCCOC. The molecule has 0 fully saturated rings. The molecule has 162 valence electrons. The fourth-order valence-electron chi connectivity index (χ4n) is 3.08. The summed E-state index contributed by atoms with van der Waals surface area (Å²) in [4.78, 5) is 11.1. The van der Waals surface area contributed by atoms with Crippen molar-refractivity contribution >= 4 is 12.4 Å². The number of halogens is 1. The highest BCUT2D eigenvalue weighted by molar-refractivity contribution is 5.87. The van der Waals surface area contributed by atoms with Gasteiger partial charge in [0.1, 0.15) is 25.3 Å². The van der Waals surface area contributed by atoms with E-state index in [0.717, 1.165) is 28.5 Å². The van der Waals surface area contributed by atoms with Crippen molar-refractivity contribution in [2.45, 2.75) is 19.8 Å². The summed E-state index contributed by atoms with van der Waals surface area (Å²) in [7, 11) is 3.20. The van der Waals surface area contributed by atoms with Crippen LogP contribution in [0.3, 0.4) is 0 Å². The molecule has 0 unspecified atom stereocenters. The van der Waals surface area contributed by atoms with Crippen molar-refractivity contribution in [2.24, 2.45) is 0 Å². The lowest BCUT2D eigenvalue weighted by atomic mass is 9.88. The molecule has 0 radical (unpaired) electrons. The number of carbonyl (C=O) groups is 1. The molecular weight excluding hydrogens is 387 g/mol. The van der Waals surface area contributed by atoms with Gasteiger partial charge in [0.05, 0.1) is 13.2 Å². The Balaban J connectivity index is 2.77. The van der Waals surface area contributed by atoms with Gasteiger partial charge in [-0.1, -0.05) is 32.1 Å². The first-order valence-corrected chi connectivity index (χ1v) is 9.85. The average molecular weight is 416 g/mol. The van der Waals surface area contributed by atoms with Gasteiger partial charge in [-0.25, -0.2) is 4.39 Å². The van der Waals surface area contributed by atoms with Crippen LogP contribution in [0.15, 0.2) is 36.4 Å². The van der Waals surface area contributed by atoms with Crippen molar-refractivity contribution in [3.63, 3.8) is 0 Å². The van der Waals surface area contributed by atoms with Crippen LogP contribution in [-0.4, -0.2) is 46.9 Å². The zero-order chi connectivity index (χ0) is 21.9. The van der Waals surface area contributed by atoms with Crippen LogP contribution in [0.1, 0.15) is 30.9 Å². The molecule has 0 bridgehead atoms. The van der Waals surface area contributed by atoms with E-state index in [-0.39, 0.29) is 11.7 Å². The molecule has 0 saturated carbocycles. The second kappa shape index (κ2) is 12.1. The summed E-state index contributed by atoms with van der Waals surface area (Å²) in [6.07, 6.45) is 3.93. The molecule has 0 heterocycles. The van der Waals surface area contributed by atoms with Gasteiger partial charge in [-0.2, -0.15) is 0 Å². The first-order chi connectivity index (χ1) is 14.5. The molecule has 0 amide bonds. The van der Waals surface area contributed by atoms with Crippen molar-refractivity contribution in [1.82, 2.24) is 0 Å². The van der Waals surface area contributed by atoms with Gasteiger partial charge in [0.2, 0.25) is 0 Å². The van der Waals surface area contributed by atoms with E-state index in [1.807, 2.05) is 6.07 Å². The number of allylic oxidation sites excluding steroid dienone is 1. The van der Waals surface area contributed by atoms with E-state index >= 15 is 0 Å². The minimum Gasteiger partial charge on any atom is -0.487 e. The summed E-state index contributed by atoms with van der Waals surface area (Å²) in [5.41, 5.74) is 3.31. The van der Waals surface area contributed by atoms with E-state index in [4.69, 9.17) is 18.9 Å². The molecule has 2 rings (SSSR count). The van der Waals surface area contributed by atoms with Gasteiger partial charge in [-0.15, -0.1) is 0 Å². The normalized spacial score (nSPS) is 11.3. The Labute approximate surface area is 177 Å². The third kappa shape index (κ3) is 6.15. The number of hydrogen-bond acceptors (Lipinski definition) is 5. The standard InChI is InChI=1S/C24H29FO5/c1-17(2)21-16-22(29-14-12-27-3)24(30-15-13-28-4)23(20(21)6-5-11-26)18-7-9-19(25)10-8-18/h5-11,16-17H,12-15H2,1-4H3. The molecule has 0 aromatic heterocycles. The van der Waals surface area contributed by atoms with Crippen molar-refractivity contribution in [2.75, 3.05) is 40.6 Å². The topological polar surface area (TPSA) is 54.0 Å². The number of carbonyl (C=O) groups excluding carboxylic acids is 1. The maximum absolute atomic E-state index is 13.6. The van der Waals surface area contributed by atoms with Crippen LogP contribution in [0.4, 0.5) is 4.39 Å². The Bertz CT molecular complexity index is 844. The van der Waals surface area contributed by atoms with Crippen molar-refractivity contribution in [1.29, 1.82) is 0 Å². The second-order valence-electron chi connectivity index (χ2n) is 6.92.